The quantitative estimate of drug-likeness (QED) is 0.791. The fourth-order valence-electron chi connectivity index (χ4n) is 1.61. The van der Waals surface area contributed by atoms with E-state index in [1.54, 1.807) is 18.2 Å². The normalized spacial score (nSPS) is 11.6. The van der Waals surface area contributed by atoms with Crippen LogP contribution in [0.4, 0.5) is 13.2 Å². The summed E-state index contributed by atoms with van der Waals surface area (Å²) >= 11 is 5.79. The molecule has 1 heterocycles. The Labute approximate surface area is 107 Å². The lowest BCUT2D eigenvalue weighted by Crippen LogP contribution is -2.05. The summed E-state index contributed by atoms with van der Waals surface area (Å²) in [7, 11) is 0. The Morgan fingerprint density at radius 2 is 1.89 bits per heavy atom. The van der Waals surface area contributed by atoms with E-state index in [1.165, 1.54) is 12.3 Å². The van der Waals surface area contributed by atoms with Crippen molar-refractivity contribution in [2.24, 2.45) is 0 Å². The summed E-state index contributed by atoms with van der Waals surface area (Å²) in [5, 5.41) is 0.520. The van der Waals surface area contributed by atoms with Gasteiger partial charge >= 0.3 is 6.18 Å². The van der Waals surface area contributed by atoms with Crippen molar-refractivity contribution in [2.75, 3.05) is 0 Å². The number of nitrogens with zero attached hydrogens (tertiary/aromatic N) is 1. The molecule has 0 saturated heterocycles. The molecule has 0 N–H and O–H groups in total. The first-order valence-corrected chi connectivity index (χ1v) is 5.59. The van der Waals surface area contributed by atoms with E-state index in [9.17, 15) is 13.2 Å². The largest absolute Gasteiger partial charge is 0.416 e. The first-order chi connectivity index (χ1) is 8.45. The van der Waals surface area contributed by atoms with Crippen molar-refractivity contribution in [1.82, 2.24) is 4.98 Å². The molecule has 0 aliphatic heterocycles. The molecule has 0 spiro atoms. The van der Waals surface area contributed by atoms with Crippen molar-refractivity contribution < 1.29 is 13.2 Å². The molecule has 1 aromatic heterocycles. The van der Waals surface area contributed by atoms with Gasteiger partial charge in [0, 0.05) is 23.3 Å². The van der Waals surface area contributed by atoms with Crippen LogP contribution in [0.5, 0.6) is 0 Å². The number of aromatic nitrogens is 1. The minimum Gasteiger partial charge on any atom is -0.261 e. The van der Waals surface area contributed by atoms with E-state index in [0.717, 1.165) is 12.1 Å². The van der Waals surface area contributed by atoms with Gasteiger partial charge in [-0.05, 0) is 23.8 Å². The van der Waals surface area contributed by atoms with E-state index >= 15 is 0 Å². The summed E-state index contributed by atoms with van der Waals surface area (Å²) in [5.41, 5.74) is 0.545. The Hall–Kier alpha value is -1.55. The zero-order valence-electron chi connectivity index (χ0n) is 9.21. The lowest BCUT2D eigenvalue weighted by atomic mass is 10.1. The summed E-state index contributed by atoms with van der Waals surface area (Å²) in [6, 6.07) is 8.47. The van der Waals surface area contributed by atoms with Crippen LogP contribution < -0.4 is 0 Å². The van der Waals surface area contributed by atoms with Gasteiger partial charge in [0.1, 0.15) is 0 Å². The second-order valence-corrected chi connectivity index (χ2v) is 4.28. The third-order valence-electron chi connectivity index (χ3n) is 2.42. The van der Waals surface area contributed by atoms with E-state index < -0.39 is 11.7 Å². The van der Waals surface area contributed by atoms with E-state index in [4.69, 9.17) is 11.6 Å². The van der Waals surface area contributed by atoms with Crippen LogP contribution in [0.3, 0.4) is 0 Å². The maximum atomic E-state index is 12.5. The highest BCUT2D eigenvalue weighted by Gasteiger charge is 2.30. The Bertz CT molecular complexity index is 552. The van der Waals surface area contributed by atoms with Gasteiger partial charge in [-0.25, -0.2) is 0 Å². The van der Waals surface area contributed by atoms with E-state index in [2.05, 4.69) is 4.98 Å². The highest BCUT2D eigenvalue weighted by molar-refractivity contribution is 6.30. The van der Waals surface area contributed by atoms with Crippen LogP contribution in [0.15, 0.2) is 42.6 Å². The maximum Gasteiger partial charge on any atom is 0.416 e. The second kappa shape index (κ2) is 4.98. The number of rotatable bonds is 2. The molecular formula is C13H9ClF3N. The molecule has 0 radical (unpaired) electrons. The van der Waals surface area contributed by atoms with Gasteiger partial charge in [-0.1, -0.05) is 29.8 Å². The SMILES string of the molecule is FC(F)(F)c1cccc(Cc2cc(Cl)ccn2)c1. The number of alkyl halides is 3. The average Bonchev–Trinajstić information content (AvgIpc) is 2.28. The topological polar surface area (TPSA) is 12.9 Å². The molecule has 0 bridgehead atoms. The van der Waals surface area contributed by atoms with Crippen molar-refractivity contribution in [1.29, 1.82) is 0 Å². The first kappa shape index (κ1) is 12.9. The molecule has 1 nitrogen and oxygen atoms in total. The zero-order chi connectivity index (χ0) is 13.2. The second-order valence-electron chi connectivity index (χ2n) is 3.84. The predicted molar refractivity (Wildman–Crippen MR) is 63.5 cm³/mol. The smallest absolute Gasteiger partial charge is 0.261 e. The number of benzene rings is 1. The number of halogens is 4. The van der Waals surface area contributed by atoms with Gasteiger partial charge in [0.05, 0.1) is 5.56 Å². The first-order valence-electron chi connectivity index (χ1n) is 5.22. The van der Waals surface area contributed by atoms with E-state index in [0.29, 0.717) is 22.7 Å². The van der Waals surface area contributed by atoms with Gasteiger partial charge in [0.25, 0.3) is 0 Å². The fourth-order valence-corrected chi connectivity index (χ4v) is 1.79. The van der Waals surface area contributed by atoms with Gasteiger partial charge in [0.15, 0.2) is 0 Å². The maximum absolute atomic E-state index is 12.5. The van der Waals surface area contributed by atoms with Gasteiger partial charge < -0.3 is 0 Å². The molecule has 1 aromatic carbocycles. The van der Waals surface area contributed by atoms with Gasteiger partial charge in [-0.15, -0.1) is 0 Å². The molecular weight excluding hydrogens is 263 g/mol. The Balaban J connectivity index is 2.25. The van der Waals surface area contributed by atoms with E-state index in [1.807, 2.05) is 0 Å². The van der Waals surface area contributed by atoms with Crippen molar-refractivity contribution in [3.8, 4) is 0 Å². The molecule has 5 heteroatoms. The molecule has 2 aromatic rings. The minimum atomic E-state index is -4.32. The summed E-state index contributed by atoms with van der Waals surface area (Å²) < 4.78 is 37.6. The van der Waals surface area contributed by atoms with Crippen LogP contribution in [0, 0.1) is 0 Å². The van der Waals surface area contributed by atoms with Gasteiger partial charge in [-0.3, -0.25) is 4.98 Å². The third kappa shape index (κ3) is 3.23. The molecule has 94 valence electrons. The average molecular weight is 272 g/mol. The van der Waals surface area contributed by atoms with Crippen molar-refractivity contribution in [3.05, 3.63) is 64.4 Å². The Morgan fingerprint density at radius 1 is 1.11 bits per heavy atom. The molecule has 0 atom stereocenters. The van der Waals surface area contributed by atoms with Gasteiger partial charge in [0.2, 0.25) is 0 Å². The molecule has 0 saturated carbocycles. The molecule has 2 rings (SSSR count). The van der Waals surface area contributed by atoms with E-state index in [-0.39, 0.29) is 0 Å². The standard InChI is InChI=1S/C13H9ClF3N/c14-11-4-5-18-12(8-11)7-9-2-1-3-10(6-9)13(15,16)17/h1-6,8H,7H2. The van der Waals surface area contributed by atoms with Crippen LogP contribution in [0.1, 0.15) is 16.8 Å². The van der Waals surface area contributed by atoms with Crippen LogP contribution in [-0.2, 0) is 12.6 Å². The van der Waals surface area contributed by atoms with Crippen LogP contribution in [-0.4, -0.2) is 4.98 Å². The lowest BCUT2D eigenvalue weighted by molar-refractivity contribution is -0.137. The molecule has 18 heavy (non-hydrogen) atoms. The highest BCUT2D eigenvalue weighted by atomic mass is 35.5. The summed E-state index contributed by atoms with van der Waals surface area (Å²) in [4.78, 5) is 4.06. The molecule has 0 fully saturated rings. The van der Waals surface area contributed by atoms with Gasteiger partial charge in [-0.2, -0.15) is 13.2 Å². The van der Waals surface area contributed by atoms with Crippen molar-refractivity contribution in [3.63, 3.8) is 0 Å². The summed E-state index contributed by atoms with van der Waals surface area (Å²) in [6.07, 6.45) is -2.46. The fraction of sp³-hybridized carbons (Fsp3) is 0.154. The Kier molecular flexibility index (Phi) is 3.57. The summed E-state index contributed by atoms with van der Waals surface area (Å²) in [6.45, 7) is 0. The lowest BCUT2D eigenvalue weighted by Gasteiger charge is -2.08. The highest BCUT2D eigenvalue weighted by Crippen LogP contribution is 2.29. The van der Waals surface area contributed by atoms with Crippen LogP contribution in [0.25, 0.3) is 0 Å². The van der Waals surface area contributed by atoms with Crippen molar-refractivity contribution in [2.45, 2.75) is 12.6 Å². The van der Waals surface area contributed by atoms with Crippen molar-refractivity contribution >= 4 is 11.6 Å². The number of pyridine rings is 1. The number of hydrogen-bond donors (Lipinski definition) is 0. The summed E-state index contributed by atoms with van der Waals surface area (Å²) in [5.74, 6) is 0. The zero-order valence-corrected chi connectivity index (χ0v) is 9.96. The minimum absolute atomic E-state index is 0.324. The van der Waals surface area contributed by atoms with Crippen LogP contribution >= 0.6 is 11.6 Å². The molecule has 0 amide bonds. The monoisotopic (exact) mass is 271 g/mol. The molecule has 0 unspecified atom stereocenters. The molecule has 0 aliphatic rings. The van der Waals surface area contributed by atoms with Crippen LogP contribution in [0.2, 0.25) is 5.02 Å². The number of hydrogen-bond acceptors (Lipinski definition) is 1. The Morgan fingerprint density at radius 3 is 2.56 bits per heavy atom. The molecule has 0 aliphatic carbocycles. The predicted octanol–water partition coefficient (Wildman–Crippen LogP) is 4.34. The third-order valence-corrected chi connectivity index (χ3v) is 2.65.